The van der Waals surface area contributed by atoms with Crippen molar-refractivity contribution in [2.75, 3.05) is 46.2 Å². The van der Waals surface area contributed by atoms with Crippen molar-refractivity contribution < 1.29 is 17.3 Å². The number of nitrogens with zero attached hydrogens (tertiary/aromatic N) is 1. The molecular formula is C8H19NO4S. The minimum Gasteiger partial charge on any atom is -0.383 e. The molecule has 0 aromatic rings. The highest BCUT2D eigenvalue weighted by atomic mass is 32.2. The largest absolute Gasteiger partial charge is 0.383 e. The van der Waals surface area contributed by atoms with Crippen molar-refractivity contribution in [2.45, 2.75) is 6.92 Å². The van der Waals surface area contributed by atoms with Gasteiger partial charge in [-0.3, -0.25) is 4.18 Å². The maximum atomic E-state index is 11.0. The summed E-state index contributed by atoms with van der Waals surface area (Å²) in [6.45, 7) is 4.63. The zero-order valence-corrected chi connectivity index (χ0v) is 9.84. The van der Waals surface area contributed by atoms with Gasteiger partial charge in [0.2, 0.25) is 0 Å². The Kier molecular flexibility index (Phi) is 7.08. The molecule has 0 saturated carbocycles. The van der Waals surface area contributed by atoms with Gasteiger partial charge in [-0.15, -0.1) is 0 Å². The molecule has 0 amide bonds. The van der Waals surface area contributed by atoms with Gasteiger partial charge >= 0.3 is 0 Å². The zero-order chi connectivity index (χ0) is 11.0. The summed E-state index contributed by atoms with van der Waals surface area (Å²) in [7, 11) is -0.526. The Morgan fingerprint density at radius 1 is 1.21 bits per heavy atom. The molecular weight excluding hydrogens is 206 g/mol. The van der Waals surface area contributed by atoms with E-state index >= 15 is 0 Å². The van der Waals surface area contributed by atoms with Crippen molar-refractivity contribution in [3.8, 4) is 0 Å². The Balaban J connectivity index is 3.83. The average molecular weight is 225 g/mol. The molecule has 0 aromatic heterocycles. The molecule has 0 aliphatic rings. The average Bonchev–Trinajstić information content (AvgIpc) is 2.18. The highest BCUT2D eigenvalue weighted by Gasteiger charge is 2.11. The van der Waals surface area contributed by atoms with Gasteiger partial charge < -0.3 is 9.64 Å². The normalized spacial score (nSPS) is 12.3. The topological polar surface area (TPSA) is 55.8 Å². The Bertz CT molecular complexity index is 227. The molecule has 0 heterocycles. The fourth-order valence-corrected chi connectivity index (χ4v) is 1.62. The number of hydrogen-bond donors (Lipinski definition) is 0. The third-order valence-corrected chi connectivity index (χ3v) is 3.16. The SMILES string of the molecule is CCN(CCOC)CCS(=O)(=O)OC. The van der Waals surface area contributed by atoms with E-state index in [4.69, 9.17) is 4.74 Å². The molecule has 86 valence electrons. The lowest BCUT2D eigenvalue weighted by molar-refractivity contribution is 0.154. The van der Waals surface area contributed by atoms with Crippen molar-refractivity contribution >= 4 is 10.1 Å². The third kappa shape index (κ3) is 6.31. The van der Waals surface area contributed by atoms with Gasteiger partial charge in [0, 0.05) is 20.2 Å². The number of hydrogen-bond acceptors (Lipinski definition) is 5. The maximum absolute atomic E-state index is 11.0. The first kappa shape index (κ1) is 13.8. The fourth-order valence-electron chi connectivity index (χ4n) is 0.973. The van der Waals surface area contributed by atoms with Crippen LogP contribution >= 0.6 is 0 Å². The molecule has 0 saturated heterocycles. The van der Waals surface area contributed by atoms with Gasteiger partial charge in [0.15, 0.2) is 0 Å². The number of methoxy groups -OCH3 is 1. The van der Waals surface area contributed by atoms with Gasteiger partial charge in [0.1, 0.15) is 0 Å². The first-order valence-electron chi connectivity index (χ1n) is 4.55. The van der Waals surface area contributed by atoms with E-state index in [9.17, 15) is 8.42 Å². The van der Waals surface area contributed by atoms with Crippen LogP contribution in [-0.2, 0) is 19.0 Å². The van der Waals surface area contributed by atoms with E-state index in [-0.39, 0.29) is 5.75 Å². The molecule has 0 N–H and O–H groups in total. The van der Waals surface area contributed by atoms with Gasteiger partial charge in [-0.1, -0.05) is 6.92 Å². The first-order valence-corrected chi connectivity index (χ1v) is 6.13. The van der Waals surface area contributed by atoms with Gasteiger partial charge in [-0.05, 0) is 6.54 Å². The second-order valence-electron chi connectivity index (χ2n) is 2.86. The van der Waals surface area contributed by atoms with E-state index in [0.717, 1.165) is 13.1 Å². The fraction of sp³-hybridized carbons (Fsp3) is 1.00. The molecule has 0 rings (SSSR count). The van der Waals surface area contributed by atoms with Gasteiger partial charge in [0.05, 0.1) is 19.5 Å². The Hall–Kier alpha value is -0.170. The van der Waals surface area contributed by atoms with E-state index in [1.807, 2.05) is 11.8 Å². The summed E-state index contributed by atoms with van der Waals surface area (Å²) in [6.07, 6.45) is 0. The molecule has 0 radical (unpaired) electrons. The monoisotopic (exact) mass is 225 g/mol. The van der Waals surface area contributed by atoms with Gasteiger partial charge in [0.25, 0.3) is 10.1 Å². The van der Waals surface area contributed by atoms with Crippen LogP contribution in [0.25, 0.3) is 0 Å². The smallest absolute Gasteiger partial charge is 0.268 e. The summed E-state index contributed by atoms with van der Waals surface area (Å²) >= 11 is 0. The van der Waals surface area contributed by atoms with Crippen LogP contribution in [0.2, 0.25) is 0 Å². The van der Waals surface area contributed by atoms with Crippen LogP contribution in [0.15, 0.2) is 0 Å². The highest BCUT2D eigenvalue weighted by Crippen LogP contribution is 1.94. The molecule has 0 spiro atoms. The second-order valence-corrected chi connectivity index (χ2v) is 4.71. The Morgan fingerprint density at radius 2 is 1.86 bits per heavy atom. The predicted molar refractivity (Wildman–Crippen MR) is 54.8 cm³/mol. The first-order chi connectivity index (χ1) is 6.55. The van der Waals surface area contributed by atoms with E-state index in [1.54, 1.807) is 7.11 Å². The molecule has 14 heavy (non-hydrogen) atoms. The molecule has 0 atom stereocenters. The van der Waals surface area contributed by atoms with Crippen molar-refractivity contribution in [3.63, 3.8) is 0 Å². The predicted octanol–water partition coefficient (Wildman–Crippen LogP) is -0.0691. The summed E-state index contributed by atoms with van der Waals surface area (Å²) in [5, 5.41) is 0. The summed E-state index contributed by atoms with van der Waals surface area (Å²) in [5.74, 6) is 0.0288. The zero-order valence-electron chi connectivity index (χ0n) is 9.02. The molecule has 0 unspecified atom stereocenters. The van der Waals surface area contributed by atoms with E-state index in [1.165, 1.54) is 7.11 Å². The molecule has 5 nitrogen and oxygen atoms in total. The highest BCUT2D eigenvalue weighted by molar-refractivity contribution is 7.86. The number of ether oxygens (including phenoxy) is 1. The molecule has 0 fully saturated rings. The summed E-state index contributed by atoms with van der Waals surface area (Å²) < 4.78 is 31.3. The Labute approximate surface area is 86.1 Å². The Morgan fingerprint density at radius 3 is 2.29 bits per heavy atom. The summed E-state index contributed by atoms with van der Waals surface area (Å²) in [4.78, 5) is 2.00. The summed E-state index contributed by atoms with van der Waals surface area (Å²) in [5.41, 5.74) is 0. The van der Waals surface area contributed by atoms with Crippen LogP contribution in [0.4, 0.5) is 0 Å². The van der Waals surface area contributed by atoms with Crippen LogP contribution in [0.3, 0.4) is 0 Å². The molecule has 0 bridgehead atoms. The van der Waals surface area contributed by atoms with Gasteiger partial charge in [-0.25, -0.2) is 0 Å². The van der Waals surface area contributed by atoms with Crippen LogP contribution < -0.4 is 0 Å². The minimum atomic E-state index is -3.33. The van der Waals surface area contributed by atoms with Crippen molar-refractivity contribution in [2.24, 2.45) is 0 Å². The van der Waals surface area contributed by atoms with E-state index in [0.29, 0.717) is 13.2 Å². The molecule has 6 heteroatoms. The van der Waals surface area contributed by atoms with E-state index in [2.05, 4.69) is 4.18 Å². The van der Waals surface area contributed by atoms with Gasteiger partial charge in [-0.2, -0.15) is 8.42 Å². The van der Waals surface area contributed by atoms with Crippen LogP contribution in [-0.4, -0.2) is 59.5 Å². The standard InChI is InChI=1S/C8H19NO4S/c1-4-9(5-7-12-2)6-8-14(10,11)13-3/h4-8H2,1-3H3. The van der Waals surface area contributed by atoms with Crippen molar-refractivity contribution in [1.82, 2.24) is 4.90 Å². The molecule has 0 aromatic carbocycles. The van der Waals surface area contributed by atoms with Crippen LogP contribution in [0.1, 0.15) is 6.92 Å². The quantitative estimate of drug-likeness (QED) is 0.541. The minimum absolute atomic E-state index is 0.0288. The van der Waals surface area contributed by atoms with Crippen LogP contribution in [0, 0.1) is 0 Å². The summed E-state index contributed by atoms with van der Waals surface area (Å²) in [6, 6.07) is 0. The second kappa shape index (κ2) is 7.17. The number of rotatable bonds is 8. The van der Waals surface area contributed by atoms with Crippen LogP contribution in [0.5, 0.6) is 0 Å². The van der Waals surface area contributed by atoms with E-state index < -0.39 is 10.1 Å². The molecule has 0 aliphatic heterocycles. The lowest BCUT2D eigenvalue weighted by Crippen LogP contribution is -2.32. The lowest BCUT2D eigenvalue weighted by Gasteiger charge is -2.19. The number of likely N-dealkylation sites (N-methyl/N-ethyl adjacent to an activating group) is 1. The van der Waals surface area contributed by atoms with Crippen molar-refractivity contribution in [1.29, 1.82) is 0 Å². The van der Waals surface area contributed by atoms with Crippen molar-refractivity contribution in [3.05, 3.63) is 0 Å². The lowest BCUT2D eigenvalue weighted by atomic mass is 10.5. The molecule has 0 aliphatic carbocycles. The third-order valence-electron chi connectivity index (χ3n) is 1.97. The maximum Gasteiger partial charge on any atom is 0.268 e.